The number of halogens is 1. The predicted molar refractivity (Wildman–Crippen MR) is 51.2 cm³/mol. The van der Waals surface area contributed by atoms with Gasteiger partial charge >= 0.3 is 0 Å². The Kier molecular flexibility index (Phi) is 1.62. The van der Waals surface area contributed by atoms with E-state index in [-0.39, 0.29) is 0 Å². The lowest BCUT2D eigenvalue weighted by Crippen LogP contribution is -1.78. The van der Waals surface area contributed by atoms with E-state index in [1.807, 2.05) is 0 Å². The zero-order chi connectivity index (χ0) is 8.55. The van der Waals surface area contributed by atoms with E-state index in [9.17, 15) is 0 Å². The number of nitrogens with zero attached hydrogens (tertiary/aromatic N) is 1. The van der Waals surface area contributed by atoms with Crippen LogP contribution in [0.5, 0.6) is 0 Å². The van der Waals surface area contributed by atoms with Crippen molar-refractivity contribution in [3.8, 4) is 0 Å². The molecule has 60 valence electrons. The van der Waals surface area contributed by atoms with Crippen LogP contribution in [0.3, 0.4) is 0 Å². The minimum absolute atomic E-state index is 0.696. The minimum atomic E-state index is 0.696. The van der Waals surface area contributed by atoms with Gasteiger partial charge < -0.3 is 4.98 Å². The quantitative estimate of drug-likeness (QED) is 0.715. The smallest absolute Gasteiger partial charge is 0.0674 e. The average molecular weight is 179 g/mol. The van der Waals surface area contributed by atoms with E-state index in [0.717, 1.165) is 16.5 Å². The molecule has 2 nitrogen and oxygen atoms in total. The van der Waals surface area contributed by atoms with Gasteiger partial charge in [0.05, 0.1) is 10.5 Å². The molecule has 0 saturated heterocycles. The monoisotopic (exact) mass is 178 g/mol. The van der Waals surface area contributed by atoms with Crippen LogP contribution in [0.2, 0.25) is 5.02 Å². The Hall–Kier alpha value is -1.28. The zero-order valence-electron chi connectivity index (χ0n) is 6.34. The first-order valence-electron chi connectivity index (χ1n) is 3.56. The summed E-state index contributed by atoms with van der Waals surface area (Å²) in [5.41, 5.74) is 1.96. The summed E-state index contributed by atoms with van der Waals surface area (Å²) in [6.07, 6.45) is 6.99. The van der Waals surface area contributed by atoms with Crippen LogP contribution in [-0.2, 0) is 0 Å². The second kappa shape index (κ2) is 2.64. The summed E-state index contributed by atoms with van der Waals surface area (Å²) in [6, 6.07) is 0. The summed E-state index contributed by atoms with van der Waals surface area (Å²) in [5, 5.41) is 1.63. The Morgan fingerprint density at radius 1 is 1.50 bits per heavy atom. The van der Waals surface area contributed by atoms with Crippen molar-refractivity contribution in [3.05, 3.63) is 35.8 Å². The lowest BCUT2D eigenvalue weighted by Gasteiger charge is -1.94. The van der Waals surface area contributed by atoms with Crippen molar-refractivity contribution in [1.82, 2.24) is 9.97 Å². The molecule has 0 aromatic carbocycles. The fourth-order valence-corrected chi connectivity index (χ4v) is 1.38. The summed E-state index contributed by atoms with van der Waals surface area (Å²) < 4.78 is 0. The number of rotatable bonds is 1. The van der Waals surface area contributed by atoms with E-state index < -0.39 is 0 Å². The molecule has 2 rings (SSSR count). The third-order valence-electron chi connectivity index (χ3n) is 1.80. The number of H-pyrrole nitrogens is 1. The lowest BCUT2D eigenvalue weighted by molar-refractivity contribution is 1.34. The summed E-state index contributed by atoms with van der Waals surface area (Å²) in [5.74, 6) is 0. The van der Waals surface area contributed by atoms with Crippen molar-refractivity contribution >= 4 is 28.6 Å². The minimum Gasteiger partial charge on any atom is -0.359 e. The number of pyridine rings is 1. The van der Waals surface area contributed by atoms with Gasteiger partial charge in [-0.25, -0.2) is 0 Å². The number of hydrogen-bond acceptors (Lipinski definition) is 1. The van der Waals surface area contributed by atoms with Crippen LogP contribution < -0.4 is 0 Å². The van der Waals surface area contributed by atoms with E-state index >= 15 is 0 Å². The van der Waals surface area contributed by atoms with E-state index in [1.54, 1.807) is 24.7 Å². The van der Waals surface area contributed by atoms with Gasteiger partial charge in [0.1, 0.15) is 0 Å². The normalized spacial score (nSPS) is 10.4. The van der Waals surface area contributed by atoms with Crippen LogP contribution in [0, 0.1) is 0 Å². The molecule has 2 aromatic rings. The maximum atomic E-state index is 5.90. The fourth-order valence-electron chi connectivity index (χ4n) is 1.19. The summed E-state index contributed by atoms with van der Waals surface area (Å²) in [7, 11) is 0. The fraction of sp³-hybridized carbons (Fsp3) is 0. The Morgan fingerprint density at radius 3 is 3.08 bits per heavy atom. The van der Waals surface area contributed by atoms with Gasteiger partial charge in [0.25, 0.3) is 0 Å². The van der Waals surface area contributed by atoms with E-state index in [4.69, 9.17) is 11.6 Å². The molecule has 0 aliphatic heterocycles. The Morgan fingerprint density at radius 2 is 2.33 bits per heavy atom. The van der Waals surface area contributed by atoms with Crippen LogP contribution in [-0.4, -0.2) is 9.97 Å². The van der Waals surface area contributed by atoms with Crippen molar-refractivity contribution in [2.75, 3.05) is 0 Å². The van der Waals surface area contributed by atoms with Crippen LogP contribution in [0.15, 0.2) is 25.2 Å². The number of hydrogen-bond donors (Lipinski definition) is 1. The van der Waals surface area contributed by atoms with Gasteiger partial charge in [0.2, 0.25) is 0 Å². The van der Waals surface area contributed by atoms with Gasteiger partial charge in [0.15, 0.2) is 0 Å². The largest absolute Gasteiger partial charge is 0.359 e. The zero-order valence-corrected chi connectivity index (χ0v) is 7.10. The Balaban J connectivity index is 2.89. The Labute approximate surface area is 74.9 Å². The van der Waals surface area contributed by atoms with E-state index in [2.05, 4.69) is 16.5 Å². The van der Waals surface area contributed by atoms with Crippen molar-refractivity contribution in [2.24, 2.45) is 0 Å². The van der Waals surface area contributed by atoms with Crippen molar-refractivity contribution in [2.45, 2.75) is 0 Å². The summed E-state index contributed by atoms with van der Waals surface area (Å²) >= 11 is 5.90. The van der Waals surface area contributed by atoms with Gasteiger partial charge in [-0.2, -0.15) is 0 Å². The van der Waals surface area contributed by atoms with Gasteiger partial charge in [-0.05, 0) is 0 Å². The topological polar surface area (TPSA) is 28.7 Å². The number of aromatic nitrogens is 2. The molecule has 1 N–H and O–H groups in total. The highest BCUT2D eigenvalue weighted by Crippen LogP contribution is 2.24. The molecule has 0 unspecified atom stereocenters. The van der Waals surface area contributed by atoms with Crippen molar-refractivity contribution < 1.29 is 0 Å². The number of fused-ring (bicyclic) bond motifs is 1. The highest BCUT2D eigenvalue weighted by Gasteiger charge is 2.03. The molecule has 12 heavy (non-hydrogen) atoms. The Bertz CT molecular complexity index is 431. The SMILES string of the molecule is C=Cc1cncc2c(Cl)c[nH]c12. The molecule has 0 aliphatic carbocycles. The maximum absolute atomic E-state index is 5.90. The number of aromatic amines is 1. The first-order valence-corrected chi connectivity index (χ1v) is 3.93. The molecular weight excluding hydrogens is 172 g/mol. The summed E-state index contributed by atoms with van der Waals surface area (Å²) in [4.78, 5) is 7.11. The predicted octanol–water partition coefficient (Wildman–Crippen LogP) is 2.86. The van der Waals surface area contributed by atoms with Crippen molar-refractivity contribution in [1.29, 1.82) is 0 Å². The first-order chi connectivity index (χ1) is 5.83. The molecular formula is C9H7ClN2. The van der Waals surface area contributed by atoms with Gasteiger partial charge in [-0.15, -0.1) is 0 Å². The molecule has 3 heteroatoms. The number of nitrogens with one attached hydrogen (secondary N) is 1. The standard InChI is InChI=1S/C9H7ClN2/c1-2-6-3-11-4-7-8(10)5-12-9(6)7/h2-5,12H,1H2. The maximum Gasteiger partial charge on any atom is 0.0674 e. The molecule has 2 heterocycles. The molecule has 0 aliphatic rings. The summed E-state index contributed by atoms with van der Waals surface area (Å²) in [6.45, 7) is 3.69. The molecule has 0 radical (unpaired) electrons. The molecule has 0 saturated carbocycles. The van der Waals surface area contributed by atoms with Gasteiger partial charge in [-0.1, -0.05) is 24.3 Å². The molecule has 0 fully saturated rings. The molecule has 2 aromatic heterocycles. The average Bonchev–Trinajstić information content (AvgIpc) is 2.48. The second-order valence-corrected chi connectivity index (χ2v) is 2.90. The molecule has 0 atom stereocenters. The third-order valence-corrected chi connectivity index (χ3v) is 2.11. The van der Waals surface area contributed by atoms with Crippen LogP contribution in [0.25, 0.3) is 17.0 Å². The van der Waals surface area contributed by atoms with Gasteiger partial charge in [-0.3, -0.25) is 4.98 Å². The third kappa shape index (κ3) is 0.924. The molecule has 0 spiro atoms. The van der Waals surface area contributed by atoms with Gasteiger partial charge in [0, 0.05) is 29.5 Å². The second-order valence-electron chi connectivity index (χ2n) is 2.49. The highest BCUT2D eigenvalue weighted by atomic mass is 35.5. The van der Waals surface area contributed by atoms with E-state index in [1.165, 1.54) is 0 Å². The van der Waals surface area contributed by atoms with Crippen molar-refractivity contribution in [3.63, 3.8) is 0 Å². The molecule has 0 bridgehead atoms. The van der Waals surface area contributed by atoms with Crippen LogP contribution >= 0.6 is 11.6 Å². The van der Waals surface area contributed by atoms with E-state index in [0.29, 0.717) is 5.02 Å². The highest BCUT2D eigenvalue weighted by molar-refractivity contribution is 6.35. The first kappa shape index (κ1) is 7.37. The van der Waals surface area contributed by atoms with Crippen LogP contribution in [0.1, 0.15) is 5.56 Å². The lowest BCUT2D eigenvalue weighted by atomic mass is 10.2. The molecule has 0 amide bonds. The van der Waals surface area contributed by atoms with Crippen LogP contribution in [0.4, 0.5) is 0 Å².